The Morgan fingerprint density at radius 3 is 2.96 bits per heavy atom. The van der Waals surface area contributed by atoms with Crippen molar-refractivity contribution in [1.82, 2.24) is 19.5 Å². The van der Waals surface area contributed by atoms with Crippen molar-refractivity contribution in [2.24, 2.45) is 5.92 Å². The van der Waals surface area contributed by atoms with E-state index in [1.807, 2.05) is 17.5 Å². The van der Waals surface area contributed by atoms with Crippen LogP contribution >= 0.6 is 0 Å². The van der Waals surface area contributed by atoms with Gasteiger partial charge in [0.25, 0.3) is 0 Å². The number of aliphatic hydroxyl groups is 1. The van der Waals surface area contributed by atoms with Crippen molar-refractivity contribution in [2.45, 2.75) is 39.5 Å². The first-order valence-corrected chi connectivity index (χ1v) is 9.01. The standard InChI is InChI=1S/C18H29N5O/c1-13(2)16-10-17(23-18(20-16)9-14(3)21-23)19-6-8-22-7-4-5-15(11-22)12-24/h9-10,13,15,19,24H,4-8,11-12H2,1-3H3/t15-/m1/s1. The number of nitrogens with one attached hydrogen (secondary N) is 1. The van der Waals surface area contributed by atoms with Crippen molar-refractivity contribution in [3.8, 4) is 0 Å². The van der Waals surface area contributed by atoms with Gasteiger partial charge in [-0.2, -0.15) is 9.61 Å². The van der Waals surface area contributed by atoms with E-state index in [1.54, 1.807) is 0 Å². The molecule has 1 aliphatic rings. The van der Waals surface area contributed by atoms with E-state index in [0.717, 1.165) is 55.5 Å². The second-order valence-corrected chi connectivity index (χ2v) is 7.19. The maximum Gasteiger partial charge on any atom is 0.157 e. The van der Waals surface area contributed by atoms with Gasteiger partial charge in [0, 0.05) is 44.1 Å². The van der Waals surface area contributed by atoms with Crippen molar-refractivity contribution >= 4 is 11.5 Å². The van der Waals surface area contributed by atoms with Crippen LogP contribution in [0, 0.1) is 12.8 Å². The number of nitrogens with zero attached hydrogens (tertiary/aromatic N) is 4. The SMILES string of the molecule is Cc1cc2nc(C(C)C)cc(NCCN3CCC[C@@H](CO)C3)n2n1. The van der Waals surface area contributed by atoms with E-state index >= 15 is 0 Å². The molecule has 2 aromatic heterocycles. The molecule has 24 heavy (non-hydrogen) atoms. The van der Waals surface area contributed by atoms with Crippen LogP contribution in [0.5, 0.6) is 0 Å². The number of piperidine rings is 1. The molecule has 2 aromatic rings. The minimum atomic E-state index is 0.305. The predicted octanol–water partition coefficient (Wildman–Crippen LogP) is 2.28. The number of aromatic nitrogens is 3. The third kappa shape index (κ3) is 3.87. The molecule has 1 aliphatic heterocycles. The summed E-state index contributed by atoms with van der Waals surface area (Å²) in [7, 11) is 0. The number of hydrogen-bond donors (Lipinski definition) is 2. The molecule has 0 bridgehead atoms. The quantitative estimate of drug-likeness (QED) is 0.850. The molecule has 1 fully saturated rings. The number of rotatable bonds is 6. The van der Waals surface area contributed by atoms with Crippen LogP contribution in [-0.2, 0) is 0 Å². The summed E-state index contributed by atoms with van der Waals surface area (Å²) < 4.78 is 1.90. The maximum absolute atomic E-state index is 9.35. The average Bonchev–Trinajstić information content (AvgIpc) is 2.95. The third-order valence-corrected chi connectivity index (χ3v) is 4.76. The molecule has 0 radical (unpaired) electrons. The first-order chi connectivity index (χ1) is 11.6. The highest BCUT2D eigenvalue weighted by atomic mass is 16.3. The number of aryl methyl sites for hydroxylation is 1. The Labute approximate surface area is 143 Å². The third-order valence-electron chi connectivity index (χ3n) is 4.76. The Balaban J connectivity index is 1.68. The van der Waals surface area contributed by atoms with Crippen LogP contribution in [0.1, 0.15) is 44.0 Å². The van der Waals surface area contributed by atoms with Crippen molar-refractivity contribution in [3.05, 3.63) is 23.5 Å². The zero-order valence-electron chi connectivity index (χ0n) is 15.0. The molecule has 0 unspecified atom stereocenters. The van der Waals surface area contributed by atoms with Gasteiger partial charge < -0.3 is 15.3 Å². The lowest BCUT2D eigenvalue weighted by Gasteiger charge is -2.31. The van der Waals surface area contributed by atoms with Gasteiger partial charge in [-0.05, 0) is 38.1 Å². The Morgan fingerprint density at radius 1 is 1.38 bits per heavy atom. The molecule has 0 amide bonds. The van der Waals surface area contributed by atoms with E-state index in [2.05, 4.69) is 35.2 Å². The van der Waals surface area contributed by atoms with Crippen LogP contribution in [0.2, 0.25) is 0 Å². The molecule has 6 heteroatoms. The van der Waals surface area contributed by atoms with Gasteiger partial charge in [-0.25, -0.2) is 4.98 Å². The molecule has 3 heterocycles. The molecule has 0 aliphatic carbocycles. The second kappa shape index (κ2) is 7.49. The molecule has 0 saturated carbocycles. The number of anilines is 1. The molecular weight excluding hydrogens is 302 g/mol. The van der Waals surface area contributed by atoms with Gasteiger partial charge in [-0.15, -0.1) is 0 Å². The van der Waals surface area contributed by atoms with Crippen LogP contribution in [0.3, 0.4) is 0 Å². The zero-order chi connectivity index (χ0) is 17.1. The van der Waals surface area contributed by atoms with E-state index in [4.69, 9.17) is 4.98 Å². The lowest BCUT2D eigenvalue weighted by Crippen LogP contribution is -2.39. The Hall–Kier alpha value is -1.66. The van der Waals surface area contributed by atoms with E-state index in [1.165, 1.54) is 6.42 Å². The monoisotopic (exact) mass is 331 g/mol. The van der Waals surface area contributed by atoms with Gasteiger partial charge in [0.1, 0.15) is 5.82 Å². The van der Waals surface area contributed by atoms with E-state index in [0.29, 0.717) is 18.4 Å². The van der Waals surface area contributed by atoms with Crippen LogP contribution in [0.4, 0.5) is 5.82 Å². The fourth-order valence-corrected chi connectivity index (χ4v) is 3.38. The molecule has 3 rings (SSSR count). The molecule has 6 nitrogen and oxygen atoms in total. The fraction of sp³-hybridized carbons (Fsp3) is 0.667. The number of hydrogen-bond acceptors (Lipinski definition) is 5. The minimum Gasteiger partial charge on any atom is -0.396 e. The summed E-state index contributed by atoms with van der Waals surface area (Å²) >= 11 is 0. The van der Waals surface area contributed by atoms with Gasteiger partial charge in [-0.1, -0.05) is 13.8 Å². The highest BCUT2D eigenvalue weighted by molar-refractivity contribution is 5.50. The lowest BCUT2D eigenvalue weighted by atomic mass is 9.99. The minimum absolute atomic E-state index is 0.305. The largest absolute Gasteiger partial charge is 0.396 e. The molecular formula is C18H29N5O. The summed E-state index contributed by atoms with van der Waals surface area (Å²) in [5, 5.41) is 17.4. The van der Waals surface area contributed by atoms with Gasteiger partial charge in [-0.3, -0.25) is 0 Å². The summed E-state index contributed by atoms with van der Waals surface area (Å²) in [5.74, 6) is 1.83. The first-order valence-electron chi connectivity index (χ1n) is 9.01. The topological polar surface area (TPSA) is 65.7 Å². The summed E-state index contributed by atoms with van der Waals surface area (Å²) in [6.07, 6.45) is 2.33. The lowest BCUT2D eigenvalue weighted by molar-refractivity contribution is 0.123. The van der Waals surface area contributed by atoms with Crippen molar-refractivity contribution in [2.75, 3.05) is 38.1 Å². The number of fused-ring (bicyclic) bond motifs is 1. The second-order valence-electron chi connectivity index (χ2n) is 7.19. The van der Waals surface area contributed by atoms with Gasteiger partial charge in [0.2, 0.25) is 0 Å². The van der Waals surface area contributed by atoms with Crippen LogP contribution in [0.15, 0.2) is 12.1 Å². The van der Waals surface area contributed by atoms with Gasteiger partial charge in [0.15, 0.2) is 5.65 Å². The smallest absolute Gasteiger partial charge is 0.157 e. The van der Waals surface area contributed by atoms with Gasteiger partial charge in [0.05, 0.1) is 5.69 Å². The molecule has 132 valence electrons. The van der Waals surface area contributed by atoms with Crippen LogP contribution in [-0.4, -0.2) is 57.4 Å². The Morgan fingerprint density at radius 2 is 2.21 bits per heavy atom. The highest BCUT2D eigenvalue weighted by Crippen LogP contribution is 2.20. The summed E-state index contributed by atoms with van der Waals surface area (Å²) in [4.78, 5) is 7.14. The van der Waals surface area contributed by atoms with E-state index in [-0.39, 0.29) is 0 Å². The number of likely N-dealkylation sites (tertiary alicyclic amines) is 1. The zero-order valence-corrected chi connectivity index (χ0v) is 15.0. The van der Waals surface area contributed by atoms with Crippen molar-refractivity contribution in [3.63, 3.8) is 0 Å². The summed E-state index contributed by atoms with van der Waals surface area (Å²) in [5.41, 5.74) is 2.97. The van der Waals surface area contributed by atoms with E-state index < -0.39 is 0 Å². The number of aliphatic hydroxyl groups excluding tert-OH is 1. The molecule has 1 saturated heterocycles. The highest BCUT2D eigenvalue weighted by Gasteiger charge is 2.18. The van der Waals surface area contributed by atoms with Gasteiger partial charge >= 0.3 is 0 Å². The van der Waals surface area contributed by atoms with Crippen LogP contribution < -0.4 is 5.32 Å². The Bertz CT molecular complexity index is 681. The molecule has 1 atom stereocenters. The van der Waals surface area contributed by atoms with Crippen LogP contribution in [0.25, 0.3) is 5.65 Å². The normalized spacial score (nSPS) is 19.3. The summed E-state index contributed by atoms with van der Waals surface area (Å²) in [6.45, 7) is 10.6. The average molecular weight is 331 g/mol. The fourth-order valence-electron chi connectivity index (χ4n) is 3.38. The predicted molar refractivity (Wildman–Crippen MR) is 96.6 cm³/mol. The molecule has 0 spiro atoms. The summed E-state index contributed by atoms with van der Waals surface area (Å²) in [6, 6.07) is 4.13. The Kier molecular flexibility index (Phi) is 5.36. The van der Waals surface area contributed by atoms with Crippen molar-refractivity contribution < 1.29 is 5.11 Å². The maximum atomic E-state index is 9.35. The molecule has 2 N–H and O–H groups in total. The molecule has 0 aromatic carbocycles. The van der Waals surface area contributed by atoms with E-state index in [9.17, 15) is 5.11 Å². The first kappa shape index (κ1) is 17.2. The van der Waals surface area contributed by atoms with Crippen molar-refractivity contribution in [1.29, 1.82) is 0 Å².